The standard InChI is InChI=1S/C16H16N2O6/c1-23-8-2-3-11(18(21)22)10(6-8)17-15(19)13-7-4-9-12(5-7)24-16(20)14(9)13/h2-3,6-7,9,12-14H,4-5H2,1H3,(H,17,19)/t7-,9+,12-,13+,14+/m1/s1. The molecule has 8 nitrogen and oxygen atoms in total. The highest BCUT2D eigenvalue weighted by Gasteiger charge is 2.63. The fourth-order valence-electron chi connectivity index (χ4n) is 4.48. The van der Waals surface area contributed by atoms with Crippen molar-refractivity contribution in [2.24, 2.45) is 23.7 Å². The van der Waals surface area contributed by atoms with E-state index in [0.29, 0.717) is 12.2 Å². The Morgan fingerprint density at radius 2 is 2.21 bits per heavy atom. The normalized spacial score (nSPS) is 32.5. The van der Waals surface area contributed by atoms with Gasteiger partial charge in [0.2, 0.25) is 5.91 Å². The zero-order valence-electron chi connectivity index (χ0n) is 12.9. The van der Waals surface area contributed by atoms with E-state index in [9.17, 15) is 19.7 Å². The number of amides is 1. The Kier molecular flexibility index (Phi) is 3.22. The van der Waals surface area contributed by atoms with Crippen LogP contribution in [0.25, 0.3) is 0 Å². The van der Waals surface area contributed by atoms with Crippen molar-refractivity contribution in [3.63, 3.8) is 0 Å². The second kappa shape index (κ2) is 5.19. The van der Waals surface area contributed by atoms with E-state index in [1.165, 1.54) is 25.3 Å². The molecule has 1 N–H and O–H groups in total. The lowest BCUT2D eigenvalue weighted by Gasteiger charge is -2.23. The lowest BCUT2D eigenvalue weighted by molar-refractivity contribution is -0.384. The van der Waals surface area contributed by atoms with E-state index in [1.807, 2.05) is 0 Å². The van der Waals surface area contributed by atoms with E-state index in [2.05, 4.69) is 5.32 Å². The molecule has 0 aromatic heterocycles. The molecule has 1 heterocycles. The number of nitrogens with one attached hydrogen (secondary N) is 1. The van der Waals surface area contributed by atoms with Crippen LogP contribution in [-0.2, 0) is 14.3 Å². The molecular formula is C16H16N2O6. The first-order valence-corrected chi connectivity index (χ1v) is 7.83. The first kappa shape index (κ1) is 14.9. The number of benzene rings is 1. The van der Waals surface area contributed by atoms with Crippen molar-refractivity contribution in [2.75, 3.05) is 12.4 Å². The Hall–Kier alpha value is -2.64. The van der Waals surface area contributed by atoms with Crippen LogP contribution in [0.4, 0.5) is 11.4 Å². The minimum absolute atomic E-state index is 0.0531. The van der Waals surface area contributed by atoms with Crippen molar-refractivity contribution in [1.29, 1.82) is 0 Å². The van der Waals surface area contributed by atoms with Gasteiger partial charge in [-0.2, -0.15) is 0 Å². The minimum Gasteiger partial charge on any atom is -0.497 e. The van der Waals surface area contributed by atoms with Crippen molar-refractivity contribution >= 4 is 23.3 Å². The molecule has 0 spiro atoms. The SMILES string of the molecule is COc1ccc([N+](=O)[O-])c(NC(=O)[C@H]2[C@@H]3C[C@@H]4[C@@H]2C(=O)O[C@@H]4C3)c1. The number of anilines is 1. The number of nitro benzene ring substituents is 1. The second-order valence-corrected chi connectivity index (χ2v) is 6.55. The quantitative estimate of drug-likeness (QED) is 0.511. The molecule has 3 fully saturated rings. The van der Waals surface area contributed by atoms with Gasteiger partial charge in [0.05, 0.1) is 23.9 Å². The van der Waals surface area contributed by atoms with Gasteiger partial charge in [-0.15, -0.1) is 0 Å². The third-order valence-corrected chi connectivity index (χ3v) is 5.44. The van der Waals surface area contributed by atoms with Crippen LogP contribution in [0.2, 0.25) is 0 Å². The summed E-state index contributed by atoms with van der Waals surface area (Å²) in [4.78, 5) is 35.3. The van der Waals surface area contributed by atoms with Crippen molar-refractivity contribution in [2.45, 2.75) is 18.9 Å². The zero-order valence-corrected chi connectivity index (χ0v) is 12.9. The number of hydrogen-bond donors (Lipinski definition) is 1. The molecule has 1 aromatic carbocycles. The molecule has 3 aliphatic rings. The van der Waals surface area contributed by atoms with Crippen LogP contribution in [0.5, 0.6) is 5.75 Å². The fourth-order valence-corrected chi connectivity index (χ4v) is 4.48. The monoisotopic (exact) mass is 332 g/mol. The van der Waals surface area contributed by atoms with E-state index >= 15 is 0 Å². The Morgan fingerprint density at radius 3 is 2.92 bits per heavy atom. The van der Waals surface area contributed by atoms with Gasteiger partial charge in [0, 0.05) is 18.1 Å². The van der Waals surface area contributed by atoms with E-state index in [0.717, 1.165) is 6.42 Å². The molecule has 0 radical (unpaired) electrons. The predicted molar refractivity (Wildman–Crippen MR) is 81.4 cm³/mol. The Labute approximate surface area is 137 Å². The van der Waals surface area contributed by atoms with Crippen LogP contribution >= 0.6 is 0 Å². The molecule has 2 saturated carbocycles. The summed E-state index contributed by atoms with van der Waals surface area (Å²) in [6.07, 6.45) is 1.45. The van der Waals surface area contributed by atoms with E-state index in [1.54, 1.807) is 0 Å². The maximum atomic E-state index is 12.7. The number of hydrogen-bond acceptors (Lipinski definition) is 6. The van der Waals surface area contributed by atoms with Gasteiger partial charge in [0.15, 0.2) is 0 Å². The van der Waals surface area contributed by atoms with Gasteiger partial charge in [-0.3, -0.25) is 19.7 Å². The smallest absolute Gasteiger partial charge is 0.310 e. The van der Waals surface area contributed by atoms with Crippen LogP contribution in [0.1, 0.15) is 12.8 Å². The highest BCUT2D eigenvalue weighted by atomic mass is 16.6. The maximum Gasteiger partial charge on any atom is 0.310 e. The molecule has 0 unspecified atom stereocenters. The summed E-state index contributed by atoms with van der Waals surface area (Å²) in [5, 5.41) is 13.8. The summed E-state index contributed by atoms with van der Waals surface area (Å²) in [6, 6.07) is 4.17. The average Bonchev–Trinajstić information content (AvgIpc) is 3.16. The highest BCUT2D eigenvalue weighted by molar-refractivity contribution is 5.98. The molecular weight excluding hydrogens is 316 g/mol. The van der Waals surface area contributed by atoms with Gasteiger partial charge in [0.1, 0.15) is 17.5 Å². The highest BCUT2D eigenvalue weighted by Crippen LogP contribution is 2.57. The summed E-state index contributed by atoms with van der Waals surface area (Å²) in [5.74, 6) is -0.958. The third-order valence-electron chi connectivity index (χ3n) is 5.44. The van der Waals surface area contributed by atoms with Crippen molar-refractivity contribution in [3.05, 3.63) is 28.3 Å². The maximum absolute atomic E-state index is 12.7. The number of methoxy groups -OCH3 is 1. The number of carbonyl (C=O) groups excluding carboxylic acids is 2. The van der Waals surface area contributed by atoms with Crippen LogP contribution in [0.3, 0.4) is 0 Å². The Balaban J connectivity index is 1.61. The van der Waals surface area contributed by atoms with E-state index in [-0.39, 0.29) is 41.2 Å². The van der Waals surface area contributed by atoms with Crippen LogP contribution in [0.15, 0.2) is 18.2 Å². The lowest BCUT2D eigenvalue weighted by Crippen LogP contribution is -2.36. The van der Waals surface area contributed by atoms with Gasteiger partial charge >= 0.3 is 5.97 Å². The number of nitrogens with zero attached hydrogens (tertiary/aromatic N) is 1. The summed E-state index contributed by atoms with van der Waals surface area (Å²) in [5.41, 5.74) is -0.130. The van der Waals surface area contributed by atoms with Gasteiger partial charge in [-0.05, 0) is 24.8 Å². The largest absolute Gasteiger partial charge is 0.497 e. The summed E-state index contributed by atoms with van der Waals surface area (Å²) < 4.78 is 10.4. The first-order valence-electron chi connectivity index (χ1n) is 7.83. The molecule has 1 saturated heterocycles. The topological polar surface area (TPSA) is 108 Å². The van der Waals surface area contributed by atoms with Crippen molar-refractivity contribution in [3.8, 4) is 5.75 Å². The Morgan fingerprint density at radius 1 is 1.42 bits per heavy atom. The van der Waals surface area contributed by atoms with Crippen LogP contribution in [0, 0.1) is 33.8 Å². The number of rotatable bonds is 4. The molecule has 2 bridgehead atoms. The van der Waals surface area contributed by atoms with Gasteiger partial charge in [-0.1, -0.05) is 0 Å². The fraction of sp³-hybridized carbons (Fsp3) is 0.500. The van der Waals surface area contributed by atoms with Gasteiger partial charge in [-0.25, -0.2) is 0 Å². The van der Waals surface area contributed by atoms with Crippen LogP contribution in [-0.4, -0.2) is 30.0 Å². The molecule has 24 heavy (non-hydrogen) atoms. The third kappa shape index (κ3) is 2.05. The van der Waals surface area contributed by atoms with Crippen LogP contribution < -0.4 is 10.1 Å². The van der Waals surface area contributed by atoms with Crippen molar-refractivity contribution < 1.29 is 24.0 Å². The number of esters is 1. The van der Waals surface area contributed by atoms with E-state index < -0.39 is 16.8 Å². The first-order chi connectivity index (χ1) is 11.5. The van der Waals surface area contributed by atoms with E-state index in [4.69, 9.17) is 9.47 Å². The molecule has 1 amide bonds. The molecule has 1 aromatic rings. The summed E-state index contributed by atoms with van der Waals surface area (Å²) in [7, 11) is 1.44. The van der Waals surface area contributed by atoms with Crippen molar-refractivity contribution in [1.82, 2.24) is 0 Å². The summed E-state index contributed by atoms with van der Waals surface area (Å²) >= 11 is 0. The Bertz CT molecular complexity index is 746. The molecule has 4 rings (SSSR count). The lowest BCUT2D eigenvalue weighted by atomic mass is 9.79. The zero-order chi connectivity index (χ0) is 17.0. The second-order valence-electron chi connectivity index (χ2n) is 6.55. The summed E-state index contributed by atoms with van der Waals surface area (Å²) in [6.45, 7) is 0. The number of nitro groups is 1. The van der Waals surface area contributed by atoms with Gasteiger partial charge in [0.25, 0.3) is 5.69 Å². The number of ether oxygens (including phenoxy) is 2. The molecule has 126 valence electrons. The molecule has 1 aliphatic heterocycles. The average molecular weight is 332 g/mol. The number of carbonyl (C=O) groups is 2. The minimum atomic E-state index is -0.560. The molecule has 5 atom stereocenters. The molecule has 8 heteroatoms. The predicted octanol–water partition coefficient (Wildman–Crippen LogP) is 1.74. The number of fused-ring (bicyclic) bond motifs is 1. The van der Waals surface area contributed by atoms with Gasteiger partial charge < -0.3 is 14.8 Å². The molecule has 2 aliphatic carbocycles.